The van der Waals surface area contributed by atoms with Gasteiger partial charge >= 0.3 is 0 Å². The molecule has 1 aromatic carbocycles. The van der Waals surface area contributed by atoms with E-state index in [1.165, 1.54) is 0 Å². The molecule has 0 spiro atoms. The van der Waals surface area contributed by atoms with Crippen molar-refractivity contribution in [2.45, 2.75) is 27.7 Å². The molecule has 0 unspecified atom stereocenters. The normalized spacial score (nSPS) is 10.6. The van der Waals surface area contributed by atoms with E-state index in [-0.39, 0.29) is 5.91 Å². The molecule has 25 heavy (non-hydrogen) atoms. The molecule has 2 aromatic heterocycles. The van der Waals surface area contributed by atoms with E-state index >= 15 is 0 Å². The van der Waals surface area contributed by atoms with Crippen LogP contribution in [0.1, 0.15) is 32.3 Å². The number of nitrogens with zero attached hydrogens (tertiary/aromatic N) is 3. The number of carbonyl (C=O) groups is 1. The van der Waals surface area contributed by atoms with Crippen LogP contribution in [0, 0.1) is 27.7 Å². The molecule has 0 aliphatic carbocycles. The summed E-state index contributed by atoms with van der Waals surface area (Å²) in [6.45, 7) is 7.59. The number of carbonyl (C=O) groups excluding carboxylic acids is 1. The van der Waals surface area contributed by atoms with Gasteiger partial charge in [0, 0.05) is 10.6 Å². The van der Waals surface area contributed by atoms with E-state index in [2.05, 4.69) is 25.6 Å². The maximum Gasteiger partial charge on any atom is 0.259 e. The van der Waals surface area contributed by atoms with Gasteiger partial charge in [-0.3, -0.25) is 4.79 Å². The lowest BCUT2D eigenvalue weighted by molar-refractivity contribution is 0.102. The van der Waals surface area contributed by atoms with Gasteiger partial charge in [0.2, 0.25) is 5.95 Å². The fourth-order valence-electron chi connectivity index (χ4n) is 2.44. The summed E-state index contributed by atoms with van der Waals surface area (Å²) in [5, 5.41) is 6.73. The summed E-state index contributed by atoms with van der Waals surface area (Å²) < 4.78 is 0. The molecule has 0 saturated heterocycles. The van der Waals surface area contributed by atoms with Gasteiger partial charge < -0.3 is 10.6 Å². The molecule has 7 heteroatoms. The first-order valence-electron chi connectivity index (χ1n) is 7.86. The number of aryl methyl sites for hydroxylation is 4. The van der Waals surface area contributed by atoms with Crippen LogP contribution in [0.15, 0.2) is 30.3 Å². The van der Waals surface area contributed by atoms with Crippen molar-refractivity contribution in [1.82, 2.24) is 15.0 Å². The minimum atomic E-state index is -0.214. The molecule has 0 saturated carbocycles. The van der Waals surface area contributed by atoms with Crippen molar-refractivity contribution < 1.29 is 4.79 Å². The van der Waals surface area contributed by atoms with Crippen LogP contribution in [0.3, 0.4) is 0 Å². The Bertz CT molecular complexity index is 878. The first-order valence-corrected chi connectivity index (χ1v) is 8.68. The van der Waals surface area contributed by atoms with E-state index in [0.29, 0.717) is 22.9 Å². The van der Waals surface area contributed by atoms with Gasteiger partial charge in [0.15, 0.2) is 5.13 Å². The van der Waals surface area contributed by atoms with E-state index in [1.54, 1.807) is 25.2 Å². The average Bonchev–Trinajstić information content (AvgIpc) is 2.85. The van der Waals surface area contributed by atoms with Crippen LogP contribution < -0.4 is 10.6 Å². The van der Waals surface area contributed by atoms with Crippen LogP contribution in [0.25, 0.3) is 0 Å². The molecule has 0 fully saturated rings. The predicted molar refractivity (Wildman–Crippen MR) is 101 cm³/mol. The molecule has 0 aliphatic heterocycles. The van der Waals surface area contributed by atoms with E-state index in [0.717, 1.165) is 21.4 Å². The summed E-state index contributed by atoms with van der Waals surface area (Å²) in [4.78, 5) is 27.0. The monoisotopic (exact) mass is 353 g/mol. The molecule has 0 bridgehead atoms. The SMILES string of the molecule is Cc1nc(Nc2nc(C)c(C(=O)Nc3ccccc3)c(C)n2)sc1C. The number of nitrogens with one attached hydrogen (secondary N) is 2. The fraction of sp³-hybridized carbons (Fsp3) is 0.222. The van der Waals surface area contributed by atoms with Gasteiger partial charge in [-0.05, 0) is 39.8 Å². The van der Waals surface area contributed by atoms with E-state index < -0.39 is 0 Å². The van der Waals surface area contributed by atoms with Crippen LogP contribution in [-0.4, -0.2) is 20.9 Å². The van der Waals surface area contributed by atoms with Crippen LogP contribution in [0.4, 0.5) is 16.8 Å². The topological polar surface area (TPSA) is 79.8 Å². The van der Waals surface area contributed by atoms with Gasteiger partial charge in [-0.15, -0.1) is 11.3 Å². The molecule has 1 amide bonds. The van der Waals surface area contributed by atoms with Gasteiger partial charge in [-0.2, -0.15) is 0 Å². The van der Waals surface area contributed by atoms with Gasteiger partial charge in [0.25, 0.3) is 5.91 Å². The highest BCUT2D eigenvalue weighted by Crippen LogP contribution is 2.24. The minimum absolute atomic E-state index is 0.214. The number of aromatic nitrogens is 3. The molecular weight excluding hydrogens is 334 g/mol. The molecule has 2 heterocycles. The quantitative estimate of drug-likeness (QED) is 0.736. The van der Waals surface area contributed by atoms with E-state index in [4.69, 9.17) is 0 Å². The molecule has 0 radical (unpaired) electrons. The van der Waals surface area contributed by atoms with E-state index in [9.17, 15) is 4.79 Å². The zero-order valence-electron chi connectivity index (χ0n) is 14.5. The molecule has 6 nitrogen and oxygen atoms in total. The van der Waals surface area contributed by atoms with E-state index in [1.807, 2.05) is 44.2 Å². The Balaban J connectivity index is 1.83. The molecular formula is C18H19N5OS. The minimum Gasteiger partial charge on any atom is -0.322 e. The average molecular weight is 353 g/mol. The highest BCUT2D eigenvalue weighted by Gasteiger charge is 2.17. The lowest BCUT2D eigenvalue weighted by Gasteiger charge is -2.11. The summed E-state index contributed by atoms with van der Waals surface area (Å²) in [5.41, 5.74) is 3.45. The number of thiazole rings is 1. The number of rotatable bonds is 4. The summed E-state index contributed by atoms with van der Waals surface area (Å²) in [6, 6.07) is 9.32. The van der Waals surface area contributed by atoms with Crippen molar-refractivity contribution in [2.75, 3.05) is 10.6 Å². The Morgan fingerprint density at radius 2 is 1.56 bits per heavy atom. The third-order valence-electron chi connectivity index (χ3n) is 3.78. The summed E-state index contributed by atoms with van der Waals surface area (Å²) in [6.07, 6.45) is 0. The van der Waals surface area contributed by atoms with Crippen molar-refractivity contribution in [3.63, 3.8) is 0 Å². The van der Waals surface area contributed by atoms with Crippen molar-refractivity contribution in [3.05, 3.63) is 57.9 Å². The second-order valence-electron chi connectivity index (χ2n) is 5.70. The van der Waals surface area contributed by atoms with Crippen molar-refractivity contribution in [1.29, 1.82) is 0 Å². The zero-order valence-corrected chi connectivity index (χ0v) is 15.4. The van der Waals surface area contributed by atoms with Gasteiger partial charge in [-0.1, -0.05) is 18.2 Å². The highest BCUT2D eigenvalue weighted by atomic mass is 32.1. The molecule has 0 atom stereocenters. The van der Waals surface area contributed by atoms with Crippen molar-refractivity contribution in [3.8, 4) is 0 Å². The molecule has 0 aliphatic rings. The van der Waals surface area contributed by atoms with Crippen molar-refractivity contribution in [2.24, 2.45) is 0 Å². The van der Waals surface area contributed by atoms with Crippen LogP contribution in [0.5, 0.6) is 0 Å². The smallest absolute Gasteiger partial charge is 0.259 e. The van der Waals surface area contributed by atoms with Crippen LogP contribution >= 0.6 is 11.3 Å². The maximum absolute atomic E-state index is 12.6. The number of para-hydroxylation sites is 1. The second-order valence-corrected chi connectivity index (χ2v) is 6.90. The van der Waals surface area contributed by atoms with Crippen LogP contribution in [-0.2, 0) is 0 Å². The number of amides is 1. The molecule has 3 aromatic rings. The first kappa shape index (κ1) is 17.0. The molecule has 3 rings (SSSR count). The summed E-state index contributed by atoms with van der Waals surface area (Å²) in [7, 11) is 0. The number of benzene rings is 1. The largest absolute Gasteiger partial charge is 0.322 e. The summed E-state index contributed by atoms with van der Waals surface area (Å²) >= 11 is 1.55. The Hall–Kier alpha value is -2.80. The van der Waals surface area contributed by atoms with Gasteiger partial charge in [0.05, 0.1) is 22.6 Å². The Labute approximate surface area is 150 Å². The number of hydrogen-bond donors (Lipinski definition) is 2. The fourth-order valence-corrected chi connectivity index (χ4v) is 3.25. The lowest BCUT2D eigenvalue weighted by atomic mass is 10.1. The maximum atomic E-state index is 12.6. The first-order chi connectivity index (χ1) is 11.9. The standard InChI is InChI=1S/C18H19N5OS/c1-10-13(4)25-18(21-10)23-17-19-11(2)15(12(3)20-17)16(24)22-14-8-6-5-7-9-14/h5-9H,1-4H3,(H,22,24)(H,19,20,21,23). The van der Waals surface area contributed by atoms with Crippen LogP contribution in [0.2, 0.25) is 0 Å². The number of anilines is 3. The van der Waals surface area contributed by atoms with Gasteiger partial charge in [0.1, 0.15) is 0 Å². The number of hydrogen-bond acceptors (Lipinski definition) is 6. The Kier molecular flexibility index (Phi) is 4.76. The highest BCUT2D eigenvalue weighted by molar-refractivity contribution is 7.15. The third kappa shape index (κ3) is 3.83. The Morgan fingerprint density at radius 3 is 2.12 bits per heavy atom. The molecule has 128 valence electrons. The molecule has 2 N–H and O–H groups in total. The van der Waals surface area contributed by atoms with Crippen molar-refractivity contribution >= 4 is 34.0 Å². The summed E-state index contributed by atoms with van der Waals surface area (Å²) in [5.74, 6) is 0.230. The third-order valence-corrected chi connectivity index (χ3v) is 4.77. The second kappa shape index (κ2) is 6.98. The predicted octanol–water partition coefficient (Wildman–Crippen LogP) is 4.16. The zero-order chi connectivity index (χ0) is 18.0. The lowest BCUT2D eigenvalue weighted by Crippen LogP contribution is -2.17. The van der Waals surface area contributed by atoms with Gasteiger partial charge in [-0.25, -0.2) is 15.0 Å². The Morgan fingerprint density at radius 1 is 0.920 bits per heavy atom.